The number of carbonyl (C=O) groups is 1. The minimum absolute atomic E-state index is 0.0969. The molecular weight excluding hydrogens is 394 g/mol. The van der Waals surface area contributed by atoms with Crippen molar-refractivity contribution in [3.8, 4) is 5.69 Å². The zero-order valence-corrected chi connectivity index (χ0v) is 17.6. The van der Waals surface area contributed by atoms with E-state index in [9.17, 15) is 4.79 Å². The van der Waals surface area contributed by atoms with Gasteiger partial charge in [0.2, 0.25) is 5.91 Å². The van der Waals surface area contributed by atoms with Crippen molar-refractivity contribution in [3.05, 3.63) is 72.7 Å². The summed E-state index contributed by atoms with van der Waals surface area (Å²) in [4.78, 5) is 24.1. The lowest BCUT2D eigenvalue weighted by molar-refractivity contribution is -0.118. The molecule has 0 radical (unpaired) electrons. The van der Waals surface area contributed by atoms with Crippen LogP contribution in [0.5, 0.6) is 0 Å². The fourth-order valence-corrected chi connectivity index (χ4v) is 4.92. The average molecular weight is 416 g/mol. The molecule has 0 spiro atoms. The number of aromatic nitrogens is 4. The van der Waals surface area contributed by atoms with Gasteiger partial charge in [-0.05, 0) is 44.0 Å². The average Bonchev–Trinajstić information content (AvgIpc) is 3.35. The molecule has 2 atom stereocenters. The molecule has 6 nitrogen and oxygen atoms in total. The molecule has 2 aromatic heterocycles. The maximum atomic E-state index is 13.3. The molecule has 0 unspecified atom stereocenters. The zero-order valence-electron chi connectivity index (χ0n) is 16.8. The van der Waals surface area contributed by atoms with Crippen LogP contribution in [0.3, 0.4) is 0 Å². The molecule has 1 aliphatic rings. The summed E-state index contributed by atoms with van der Waals surface area (Å²) in [5.74, 6) is 0.0969. The van der Waals surface area contributed by atoms with Gasteiger partial charge in [-0.15, -0.1) is 0 Å². The normalized spacial score (nSPS) is 16.6. The van der Waals surface area contributed by atoms with E-state index in [1.165, 1.54) is 23.7 Å². The van der Waals surface area contributed by atoms with E-state index in [4.69, 9.17) is 0 Å². The monoisotopic (exact) mass is 415 g/mol. The minimum Gasteiger partial charge on any atom is -0.308 e. The van der Waals surface area contributed by atoms with Gasteiger partial charge in [0.15, 0.2) is 5.65 Å². The van der Waals surface area contributed by atoms with Gasteiger partial charge in [-0.2, -0.15) is 5.10 Å². The summed E-state index contributed by atoms with van der Waals surface area (Å²) < 4.78 is 1.80. The van der Waals surface area contributed by atoms with E-state index >= 15 is 0 Å². The fraction of sp³-hybridized carbons (Fsp3) is 0.217. The van der Waals surface area contributed by atoms with E-state index in [1.807, 2.05) is 60.4 Å². The predicted octanol–water partition coefficient (Wildman–Crippen LogP) is 4.27. The Balaban J connectivity index is 1.43. The van der Waals surface area contributed by atoms with E-state index in [0.29, 0.717) is 0 Å². The Hall–Kier alpha value is -3.19. The van der Waals surface area contributed by atoms with E-state index in [-0.39, 0.29) is 17.2 Å². The number of rotatable bonds is 4. The third kappa shape index (κ3) is 3.15. The van der Waals surface area contributed by atoms with Gasteiger partial charge in [0.05, 0.1) is 22.5 Å². The summed E-state index contributed by atoms with van der Waals surface area (Å²) in [6.07, 6.45) is 4.20. The standard InChI is InChI=1S/C23H21N5OS/c1-15-12-17-8-6-7-11-20(17)27(15)23(29)16(2)30-22-19-13-26-28(21(19)24-14-25-22)18-9-4-3-5-10-18/h3-11,13-16H,12H2,1-2H3/t15-,16-/m0/s1. The summed E-state index contributed by atoms with van der Waals surface area (Å²) in [6, 6.07) is 18.2. The van der Waals surface area contributed by atoms with Crippen LogP contribution in [0.4, 0.5) is 5.69 Å². The molecule has 0 fully saturated rings. The summed E-state index contributed by atoms with van der Waals surface area (Å²) in [6.45, 7) is 4.04. The van der Waals surface area contributed by atoms with Crippen molar-refractivity contribution >= 4 is 34.4 Å². The van der Waals surface area contributed by atoms with Crippen LogP contribution in [-0.4, -0.2) is 36.9 Å². The second kappa shape index (κ2) is 7.57. The van der Waals surface area contributed by atoms with Gasteiger partial charge in [-0.3, -0.25) is 4.79 Å². The summed E-state index contributed by atoms with van der Waals surface area (Å²) in [5, 5.41) is 5.84. The molecule has 0 saturated carbocycles. The molecule has 30 heavy (non-hydrogen) atoms. The van der Waals surface area contributed by atoms with Crippen molar-refractivity contribution in [1.29, 1.82) is 0 Å². The number of carbonyl (C=O) groups excluding carboxylic acids is 1. The van der Waals surface area contributed by atoms with Gasteiger partial charge in [0.1, 0.15) is 11.4 Å². The van der Waals surface area contributed by atoms with Crippen LogP contribution in [0.25, 0.3) is 16.7 Å². The molecule has 1 aliphatic heterocycles. The van der Waals surface area contributed by atoms with Crippen molar-refractivity contribution in [1.82, 2.24) is 19.7 Å². The molecule has 0 bridgehead atoms. The number of para-hydroxylation sites is 2. The molecule has 4 aromatic rings. The molecule has 7 heteroatoms. The first-order valence-corrected chi connectivity index (χ1v) is 10.8. The number of hydrogen-bond acceptors (Lipinski definition) is 5. The minimum atomic E-state index is -0.281. The second-order valence-corrected chi connectivity index (χ2v) is 8.79. The fourth-order valence-electron chi connectivity index (χ4n) is 3.99. The number of fused-ring (bicyclic) bond motifs is 2. The van der Waals surface area contributed by atoms with Gasteiger partial charge in [0, 0.05) is 11.7 Å². The Morgan fingerprint density at radius 3 is 2.70 bits per heavy atom. The topological polar surface area (TPSA) is 63.9 Å². The second-order valence-electron chi connectivity index (χ2n) is 7.46. The van der Waals surface area contributed by atoms with Gasteiger partial charge < -0.3 is 4.90 Å². The largest absolute Gasteiger partial charge is 0.308 e. The summed E-state index contributed by atoms with van der Waals surface area (Å²) >= 11 is 1.46. The number of benzene rings is 2. The van der Waals surface area contributed by atoms with Crippen LogP contribution in [0.2, 0.25) is 0 Å². The van der Waals surface area contributed by atoms with Gasteiger partial charge >= 0.3 is 0 Å². The first kappa shape index (κ1) is 18.8. The van der Waals surface area contributed by atoms with Gasteiger partial charge in [-0.25, -0.2) is 14.6 Å². The first-order valence-electron chi connectivity index (χ1n) is 9.95. The first-order chi connectivity index (χ1) is 14.6. The maximum Gasteiger partial charge on any atom is 0.240 e. The highest BCUT2D eigenvalue weighted by Crippen LogP contribution is 2.35. The number of hydrogen-bond donors (Lipinski definition) is 0. The highest BCUT2D eigenvalue weighted by Gasteiger charge is 2.33. The zero-order chi connectivity index (χ0) is 20.7. The Kier molecular flexibility index (Phi) is 4.75. The highest BCUT2D eigenvalue weighted by molar-refractivity contribution is 8.00. The number of amides is 1. The molecular formula is C23H21N5OS. The van der Waals surface area contributed by atoms with E-state index < -0.39 is 0 Å². The van der Waals surface area contributed by atoms with Gasteiger partial charge in [-0.1, -0.05) is 48.2 Å². The third-order valence-corrected chi connectivity index (χ3v) is 6.51. The van der Waals surface area contributed by atoms with Crippen LogP contribution < -0.4 is 4.90 Å². The molecule has 3 heterocycles. The molecule has 150 valence electrons. The number of thioether (sulfide) groups is 1. The molecule has 0 N–H and O–H groups in total. The van der Waals surface area contributed by atoms with Crippen LogP contribution in [0.1, 0.15) is 19.4 Å². The van der Waals surface area contributed by atoms with Crippen molar-refractivity contribution < 1.29 is 4.79 Å². The van der Waals surface area contributed by atoms with Crippen molar-refractivity contribution in [2.24, 2.45) is 0 Å². The van der Waals surface area contributed by atoms with Crippen LogP contribution in [0.15, 0.2) is 72.1 Å². The van der Waals surface area contributed by atoms with Crippen molar-refractivity contribution in [3.63, 3.8) is 0 Å². The molecule has 0 aliphatic carbocycles. The van der Waals surface area contributed by atoms with Crippen LogP contribution in [-0.2, 0) is 11.2 Å². The molecule has 5 rings (SSSR count). The lowest BCUT2D eigenvalue weighted by Gasteiger charge is -2.25. The lowest BCUT2D eigenvalue weighted by Crippen LogP contribution is -2.40. The van der Waals surface area contributed by atoms with Crippen LogP contribution in [0, 0.1) is 0 Å². The van der Waals surface area contributed by atoms with Gasteiger partial charge in [0.25, 0.3) is 0 Å². The van der Waals surface area contributed by atoms with E-state index in [1.54, 1.807) is 10.9 Å². The number of anilines is 1. The Morgan fingerprint density at radius 1 is 1.10 bits per heavy atom. The molecule has 1 amide bonds. The summed E-state index contributed by atoms with van der Waals surface area (Å²) in [7, 11) is 0. The predicted molar refractivity (Wildman–Crippen MR) is 119 cm³/mol. The molecule has 0 saturated heterocycles. The number of nitrogens with zero attached hydrogens (tertiary/aromatic N) is 5. The van der Waals surface area contributed by atoms with E-state index in [2.05, 4.69) is 28.1 Å². The highest BCUT2D eigenvalue weighted by atomic mass is 32.2. The quantitative estimate of drug-likeness (QED) is 0.368. The van der Waals surface area contributed by atoms with E-state index in [0.717, 1.165) is 33.9 Å². The maximum absolute atomic E-state index is 13.3. The Labute approximate surface area is 179 Å². The van der Waals surface area contributed by atoms with Crippen molar-refractivity contribution in [2.45, 2.75) is 36.6 Å². The smallest absolute Gasteiger partial charge is 0.240 e. The third-order valence-electron chi connectivity index (χ3n) is 5.41. The SMILES string of the molecule is C[C@H](Sc1ncnc2c1cnn2-c1ccccc1)C(=O)N1c2ccccc2C[C@@H]1C. The van der Waals surface area contributed by atoms with Crippen molar-refractivity contribution in [2.75, 3.05) is 4.90 Å². The lowest BCUT2D eigenvalue weighted by atomic mass is 10.1. The Morgan fingerprint density at radius 2 is 1.87 bits per heavy atom. The Bertz CT molecular complexity index is 1220. The van der Waals surface area contributed by atoms with Crippen LogP contribution >= 0.6 is 11.8 Å². The summed E-state index contributed by atoms with van der Waals surface area (Å²) in [5.41, 5.74) is 3.92. The molecule has 2 aromatic carbocycles.